The summed E-state index contributed by atoms with van der Waals surface area (Å²) in [5.74, 6) is -0.394. The van der Waals surface area contributed by atoms with Gasteiger partial charge in [-0.3, -0.25) is 0 Å². The molecule has 2 aromatic carbocycles. The van der Waals surface area contributed by atoms with Gasteiger partial charge in [0.25, 0.3) is 0 Å². The molecule has 0 bridgehead atoms. The van der Waals surface area contributed by atoms with E-state index < -0.39 is 11.9 Å². The van der Waals surface area contributed by atoms with Gasteiger partial charge in [-0.2, -0.15) is 0 Å². The fourth-order valence-corrected chi connectivity index (χ4v) is 2.04. The van der Waals surface area contributed by atoms with Crippen LogP contribution in [0.1, 0.15) is 16.7 Å². The van der Waals surface area contributed by atoms with E-state index in [-0.39, 0.29) is 6.54 Å². The lowest BCUT2D eigenvalue weighted by atomic mass is 10.0. The van der Waals surface area contributed by atoms with Gasteiger partial charge in [-0.25, -0.2) is 9.18 Å². The van der Waals surface area contributed by atoms with Crippen LogP contribution in [-0.4, -0.2) is 11.2 Å². The number of allylic oxidation sites excluding steroid dienone is 1. The largest absolute Gasteiger partial charge is 0.465 e. The SMILES string of the molecule is O=C(O)NCc1c(F)cccc1CC=Cc1ccccc1. The Labute approximate surface area is 122 Å². The number of carbonyl (C=O) groups is 1. The molecule has 0 aromatic heterocycles. The average Bonchev–Trinajstić information content (AvgIpc) is 2.47. The topological polar surface area (TPSA) is 49.3 Å². The van der Waals surface area contributed by atoms with Crippen molar-refractivity contribution in [2.24, 2.45) is 0 Å². The molecule has 0 saturated carbocycles. The first kappa shape index (κ1) is 14.8. The minimum atomic E-state index is -1.16. The first-order valence-electron chi connectivity index (χ1n) is 6.61. The standard InChI is InChI=1S/C17H16FNO2/c18-16-11-5-10-14(15(16)12-19-17(20)21)9-4-8-13-6-2-1-3-7-13/h1-8,10-11,19H,9,12H2,(H,20,21). The second kappa shape index (κ2) is 7.24. The molecule has 2 rings (SSSR count). The van der Waals surface area contributed by atoms with E-state index in [1.807, 2.05) is 42.5 Å². The van der Waals surface area contributed by atoms with Crippen LogP contribution in [0.5, 0.6) is 0 Å². The van der Waals surface area contributed by atoms with Crippen LogP contribution in [-0.2, 0) is 13.0 Å². The Morgan fingerprint density at radius 3 is 2.62 bits per heavy atom. The van der Waals surface area contributed by atoms with Crippen LogP contribution in [0.3, 0.4) is 0 Å². The van der Waals surface area contributed by atoms with Crippen molar-refractivity contribution in [1.82, 2.24) is 5.32 Å². The predicted molar refractivity (Wildman–Crippen MR) is 80.4 cm³/mol. The lowest BCUT2D eigenvalue weighted by Gasteiger charge is -2.09. The van der Waals surface area contributed by atoms with Gasteiger partial charge in [0, 0.05) is 12.1 Å². The van der Waals surface area contributed by atoms with E-state index in [9.17, 15) is 9.18 Å². The predicted octanol–water partition coefficient (Wildman–Crippen LogP) is 3.85. The van der Waals surface area contributed by atoms with E-state index in [2.05, 4.69) is 5.32 Å². The van der Waals surface area contributed by atoms with Gasteiger partial charge < -0.3 is 10.4 Å². The number of amides is 1. The van der Waals surface area contributed by atoms with E-state index in [0.29, 0.717) is 12.0 Å². The number of rotatable bonds is 5. The third-order valence-electron chi connectivity index (χ3n) is 3.08. The summed E-state index contributed by atoms with van der Waals surface area (Å²) in [6.07, 6.45) is 3.28. The zero-order chi connectivity index (χ0) is 15.1. The highest BCUT2D eigenvalue weighted by atomic mass is 19.1. The Hall–Kier alpha value is -2.62. The van der Waals surface area contributed by atoms with Crippen molar-refractivity contribution in [2.45, 2.75) is 13.0 Å². The maximum Gasteiger partial charge on any atom is 0.404 e. The number of benzene rings is 2. The molecule has 0 spiro atoms. The first-order valence-corrected chi connectivity index (χ1v) is 6.61. The number of carboxylic acid groups (broad SMARTS) is 1. The van der Waals surface area contributed by atoms with Crippen LogP contribution in [0.15, 0.2) is 54.6 Å². The summed E-state index contributed by atoms with van der Waals surface area (Å²) in [6, 6.07) is 14.6. The van der Waals surface area contributed by atoms with E-state index in [1.54, 1.807) is 12.1 Å². The summed E-state index contributed by atoms with van der Waals surface area (Å²) in [7, 11) is 0. The van der Waals surface area contributed by atoms with Crippen LogP contribution in [0, 0.1) is 5.82 Å². The van der Waals surface area contributed by atoms with Crippen molar-refractivity contribution in [2.75, 3.05) is 0 Å². The van der Waals surface area contributed by atoms with Gasteiger partial charge in [0.05, 0.1) is 0 Å². The number of hydrogen-bond acceptors (Lipinski definition) is 1. The Morgan fingerprint density at radius 1 is 1.14 bits per heavy atom. The lowest BCUT2D eigenvalue weighted by Crippen LogP contribution is -2.21. The molecule has 21 heavy (non-hydrogen) atoms. The minimum Gasteiger partial charge on any atom is -0.465 e. The number of halogens is 1. The van der Waals surface area contributed by atoms with Crippen LogP contribution in [0.25, 0.3) is 6.08 Å². The lowest BCUT2D eigenvalue weighted by molar-refractivity contribution is 0.194. The quantitative estimate of drug-likeness (QED) is 0.876. The van der Waals surface area contributed by atoms with Gasteiger partial charge in [-0.15, -0.1) is 0 Å². The molecule has 2 aromatic rings. The van der Waals surface area contributed by atoms with Gasteiger partial charge in [-0.1, -0.05) is 54.6 Å². The molecule has 0 aliphatic carbocycles. The molecule has 0 saturated heterocycles. The van der Waals surface area contributed by atoms with Gasteiger partial charge in [0.15, 0.2) is 0 Å². The van der Waals surface area contributed by atoms with Gasteiger partial charge in [0.1, 0.15) is 5.82 Å². The molecule has 0 aliphatic rings. The Kier molecular flexibility index (Phi) is 5.10. The molecule has 108 valence electrons. The van der Waals surface area contributed by atoms with E-state index in [4.69, 9.17) is 5.11 Å². The zero-order valence-electron chi connectivity index (χ0n) is 11.4. The van der Waals surface area contributed by atoms with E-state index in [0.717, 1.165) is 11.1 Å². The molecule has 1 amide bonds. The van der Waals surface area contributed by atoms with Crippen molar-refractivity contribution < 1.29 is 14.3 Å². The molecule has 0 aliphatic heterocycles. The third-order valence-corrected chi connectivity index (χ3v) is 3.08. The number of nitrogens with one attached hydrogen (secondary N) is 1. The second-order valence-electron chi connectivity index (χ2n) is 4.55. The fourth-order valence-electron chi connectivity index (χ4n) is 2.04. The van der Waals surface area contributed by atoms with Crippen LogP contribution in [0.2, 0.25) is 0 Å². The zero-order valence-corrected chi connectivity index (χ0v) is 11.4. The molecular weight excluding hydrogens is 269 g/mol. The maximum absolute atomic E-state index is 13.8. The van der Waals surface area contributed by atoms with Gasteiger partial charge in [-0.05, 0) is 23.6 Å². The molecular formula is C17H16FNO2. The summed E-state index contributed by atoms with van der Waals surface area (Å²) in [4.78, 5) is 10.5. The van der Waals surface area contributed by atoms with E-state index in [1.165, 1.54) is 6.07 Å². The van der Waals surface area contributed by atoms with Crippen LogP contribution >= 0.6 is 0 Å². The molecule has 0 unspecified atom stereocenters. The summed E-state index contributed by atoms with van der Waals surface area (Å²) >= 11 is 0. The number of hydrogen-bond donors (Lipinski definition) is 2. The average molecular weight is 285 g/mol. The highest BCUT2D eigenvalue weighted by Gasteiger charge is 2.08. The van der Waals surface area contributed by atoms with Crippen molar-refractivity contribution in [3.8, 4) is 0 Å². The van der Waals surface area contributed by atoms with Crippen LogP contribution < -0.4 is 5.32 Å². The monoisotopic (exact) mass is 285 g/mol. The molecule has 0 atom stereocenters. The van der Waals surface area contributed by atoms with Crippen LogP contribution in [0.4, 0.5) is 9.18 Å². The van der Waals surface area contributed by atoms with Crippen molar-refractivity contribution in [3.63, 3.8) is 0 Å². The Morgan fingerprint density at radius 2 is 1.90 bits per heavy atom. The molecule has 0 fully saturated rings. The van der Waals surface area contributed by atoms with Crippen molar-refractivity contribution >= 4 is 12.2 Å². The summed E-state index contributed by atoms with van der Waals surface area (Å²) < 4.78 is 13.8. The smallest absolute Gasteiger partial charge is 0.404 e. The van der Waals surface area contributed by atoms with E-state index >= 15 is 0 Å². The third kappa shape index (κ3) is 4.45. The Balaban J connectivity index is 2.10. The maximum atomic E-state index is 13.8. The molecule has 0 heterocycles. The second-order valence-corrected chi connectivity index (χ2v) is 4.55. The first-order chi connectivity index (χ1) is 10.2. The molecule has 2 N–H and O–H groups in total. The normalized spacial score (nSPS) is 10.7. The minimum absolute atomic E-state index is 0.0312. The summed E-state index contributed by atoms with van der Waals surface area (Å²) in [6.45, 7) is -0.0312. The summed E-state index contributed by atoms with van der Waals surface area (Å²) in [5.41, 5.74) is 2.23. The molecule has 0 radical (unpaired) electrons. The highest BCUT2D eigenvalue weighted by molar-refractivity contribution is 5.64. The summed E-state index contributed by atoms with van der Waals surface area (Å²) in [5, 5.41) is 10.8. The fraction of sp³-hybridized carbons (Fsp3) is 0.118. The van der Waals surface area contributed by atoms with Gasteiger partial charge in [0.2, 0.25) is 0 Å². The highest BCUT2D eigenvalue weighted by Crippen LogP contribution is 2.15. The molecule has 3 nitrogen and oxygen atoms in total. The van der Waals surface area contributed by atoms with Crippen molar-refractivity contribution in [1.29, 1.82) is 0 Å². The molecule has 4 heteroatoms. The van der Waals surface area contributed by atoms with Gasteiger partial charge >= 0.3 is 6.09 Å². The van der Waals surface area contributed by atoms with Crippen molar-refractivity contribution in [3.05, 3.63) is 77.1 Å². The Bertz CT molecular complexity index is 638.